The Bertz CT molecular complexity index is 542. The van der Waals surface area contributed by atoms with E-state index in [0.29, 0.717) is 6.54 Å². The predicted molar refractivity (Wildman–Crippen MR) is 76.0 cm³/mol. The number of amides is 1. The predicted octanol–water partition coefficient (Wildman–Crippen LogP) is 2.53. The maximum Gasteiger partial charge on any atom is 0.261 e. The third kappa shape index (κ3) is 3.20. The van der Waals surface area contributed by atoms with Gasteiger partial charge >= 0.3 is 0 Å². The largest absolute Gasteiger partial charge is 0.351 e. The van der Waals surface area contributed by atoms with Gasteiger partial charge in [0.2, 0.25) is 0 Å². The van der Waals surface area contributed by atoms with Crippen LogP contribution in [0.25, 0.3) is 0 Å². The molecule has 0 fully saturated rings. The van der Waals surface area contributed by atoms with Crippen LogP contribution in [0.5, 0.6) is 0 Å². The summed E-state index contributed by atoms with van der Waals surface area (Å²) in [5, 5.41) is 9.14. The molecule has 0 aromatic carbocycles. The van der Waals surface area contributed by atoms with Crippen molar-refractivity contribution in [3.8, 4) is 0 Å². The van der Waals surface area contributed by atoms with Crippen molar-refractivity contribution in [1.29, 1.82) is 0 Å². The fourth-order valence-corrected chi connectivity index (χ4v) is 2.92. The molecule has 2 aromatic rings. The Kier molecular flexibility index (Phi) is 4.19. The molecule has 0 bridgehead atoms. The van der Waals surface area contributed by atoms with Crippen LogP contribution in [0.3, 0.4) is 0 Å². The average molecular weight is 328 g/mol. The number of thiophene rings is 1. The number of nitrogens with one attached hydrogen (secondary N) is 1. The van der Waals surface area contributed by atoms with Crippen molar-refractivity contribution >= 4 is 33.2 Å². The van der Waals surface area contributed by atoms with Crippen LogP contribution in [-0.4, -0.2) is 22.2 Å². The summed E-state index contributed by atoms with van der Waals surface area (Å²) in [5.74, 6) is -0.0293. The Morgan fingerprint density at radius 1 is 1.56 bits per heavy atom. The van der Waals surface area contributed by atoms with E-state index >= 15 is 0 Å². The lowest BCUT2D eigenvalue weighted by Crippen LogP contribution is -2.24. The maximum absolute atomic E-state index is 11.8. The SMILES string of the molecule is Cc1cc(CCNC(=O)c2cc(Br)cs2)nn1C. The normalized spacial score (nSPS) is 10.6. The summed E-state index contributed by atoms with van der Waals surface area (Å²) in [4.78, 5) is 12.5. The lowest BCUT2D eigenvalue weighted by atomic mass is 10.3. The molecule has 0 aliphatic rings. The van der Waals surface area contributed by atoms with Crippen LogP contribution < -0.4 is 5.32 Å². The van der Waals surface area contributed by atoms with E-state index in [2.05, 4.69) is 26.3 Å². The molecule has 0 atom stereocenters. The molecule has 18 heavy (non-hydrogen) atoms. The van der Waals surface area contributed by atoms with E-state index in [1.165, 1.54) is 11.3 Å². The van der Waals surface area contributed by atoms with E-state index in [0.717, 1.165) is 27.2 Å². The topological polar surface area (TPSA) is 46.9 Å². The number of carbonyl (C=O) groups excluding carboxylic acids is 1. The molecule has 1 N–H and O–H groups in total. The minimum absolute atomic E-state index is 0.0293. The smallest absolute Gasteiger partial charge is 0.261 e. The highest BCUT2D eigenvalue weighted by atomic mass is 79.9. The summed E-state index contributed by atoms with van der Waals surface area (Å²) in [6.45, 7) is 2.61. The standard InChI is InChI=1S/C12H14BrN3OS/c1-8-5-10(15-16(8)2)3-4-14-12(17)11-6-9(13)7-18-11/h5-7H,3-4H2,1-2H3,(H,14,17). The molecular formula is C12H14BrN3OS. The van der Waals surface area contributed by atoms with Crippen LogP contribution in [0, 0.1) is 6.92 Å². The van der Waals surface area contributed by atoms with Crippen molar-refractivity contribution in [2.75, 3.05) is 6.54 Å². The summed E-state index contributed by atoms with van der Waals surface area (Å²) in [6, 6.07) is 3.86. The Hall–Kier alpha value is -1.14. The molecule has 2 heterocycles. The third-order valence-electron chi connectivity index (χ3n) is 2.62. The van der Waals surface area contributed by atoms with Crippen LogP contribution in [0.15, 0.2) is 22.0 Å². The zero-order valence-corrected chi connectivity index (χ0v) is 12.6. The quantitative estimate of drug-likeness (QED) is 0.937. The maximum atomic E-state index is 11.8. The van der Waals surface area contributed by atoms with Crippen LogP contribution in [0.2, 0.25) is 0 Å². The first kappa shape index (κ1) is 13.3. The highest BCUT2D eigenvalue weighted by Crippen LogP contribution is 2.19. The minimum Gasteiger partial charge on any atom is -0.351 e. The van der Waals surface area contributed by atoms with Gasteiger partial charge in [0.15, 0.2) is 0 Å². The summed E-state index contributed by atoms with van der Waals surface area (Å²) in [5.41, 5.74) is 2.13. The van der Waals surface area contributed by atoms with Gasteiger partial charge in [0.1, 0.15) is 0 Å². The zero-order chi connectivity index (χ0) is 13.1. The molecule has 2 rings (SSSR count). The molecule has 0 radical (unpaired) electrons. The average Bonchev–Trinajstić information content (AvgIpc) is 2.87. The number of aryl methyl sites for hydroxylation is 2. The van der Waals surface area contributed by atoms with Gasteiger partial charge in [-0.3, -0.25) is 9.48 Å². The van der Waals surface area contributed by atoms with Gasteiger partial charge in [0, 0.05) is 35.6 Å². The van der Waals surface area contributed by atoms with Gasteiger partial charge in [-0.05, 0) is 35.0 Å². The van der Waals surface area contributed by atoms with Gasteiger partial charge < -0.3 is 5.32 Å². The highest BCUT2D eigenvalue weighted by molar-refractivity contribution is 9.10. The van der Waals surface area contributed by atoms with Gasteiger partial charge in [-0.25, -0.2) is 0 Å². The van der Waals surface area contributed by atoms with Gasteiger partial charge in [-0.1, -0.05) is 0 Å². The van der Waals surface area contributed by atoms with Crippen LogP contribution >= 0.6 is 27.3 Å². The molecule has 0 spiro atoms. The van der Waals surface area contributed by atoms with E-state index in [1.54, 1.807) is 0 Å². The highest BCUT2D eigenvalue weighted by Gasteiger charge is 2.08. The van der Waals surface area contributed by atoms with Crippen molar-refractivity contribution in [1.82, 2.24) is 15.1 Å². The number of halogens is 1. The molecule has 0 saturated carbocycles. The first-order valence-electron chi connectivity index (χ1n) is 5.58. The summed E-state index contributed by atoms with van der Waals surface area (Å²) in [7, 11) is 1.92. The van der Waals surface area contributed by atoms with E-state index in [-0.39, 0.29) is 5.91 Å². The molecule has 2 aromatic heterocycles. The van der Waals surface area contributed by atoms with E-state index in [9.17, 15) is 4.79 Å². The Morgan fingerprint density at radius 3 is 2.89 bits per heavy atom. The van der Waals surface area contributed by atoms with Crippen LogP contribution in [0.4, 0.5) is 0 Å². The number of hydrogen-bond acceptors (Lipinski definition) is 3. The van der Waals surface area contributed by atoms with Gasteiger partial charge in [-0.15, -0.1) is 11.3 Å². The fourth-order valence-electron chi connectivity index (χ4n) is 1.58. The second-order valence-corrected chi connectivity index (χ2v) is 5.86. The lowest BCUT2D eigenvalue weighted by Gasteiger charge is -2.01. The summed E-state index contributed by atoms with van der Waals surface area (Å²) >= 11 is 4.77. The number of aromatic nitrogens is 2. The first-order valence-corrected chi connectivity index (χ1v) is 7.25. The van der Waals surface area contributed by atoms with E-state index < -0.39 is 0 Å². The second-order valence-electron chi connectivity index (χ2n) is 4.04. The van der Waals surface area contributed by atoms with Crippen molar-refractivity contribution in [3.05, 3.63) is 38.3 Å². The minimum atomic E-state index is -0.0293. The molecule has 4 nitrogen and oxygen atoms in total. The molecule has 0 saturated heterocycles. The Morgan fingerprint density at radius 2 is 2.33 bits per heavy atom. The summed E-state index contributed by atoms with van der Waals surface area (Å²) in [6.07, 6.45) is 0.750. The monoisotopic (exact) mass is 327 g/mol. The zero-order valence-electron chi connectivity index (χ0n) is 10.2. The molecular weight excluding hydrogens is 314 g/mol. The summed E-state index contributed by atoms with van der Waals surface area (Å²) < 4.78 is 2.78. The number of hydrogen-bond donors (Lipinski definition) is 1. The molecule has 6 heteroatoms. The molecule has 96 valence electrons. The van der Waals surface area contributed by atoms with Gasteiger partial charge in [-0.2, -0.15) is 5.10 Å². The Balaban J connectivity index is 1.83. The molecule has 1 amide bonds. The number of nitrogens with zero attached hydrogens (tertiary/aromatic N) is 2. The van der Waals surface area contributed by atoms with E-state index in [4.69, 9.17) is 0 Å². The molecule has 0 unspecified atom stereocenters. The van der Waals surface area contributed by atoms with Crippen molar-refractivity contribution in [2.45, 2.75) is 13.3 Å². The number of carbonyl (C=O) groups is 1. The lowest BCUT2D eigenvalue weighted by molar-refractivity contribution is 0.0958. The van der Waals surface area contributed by atoms with Crippen LogP contribution in [0.1, 0.15) is 21.1 Å². The van der Waals surface area contributed by atoms with Crippen molar-refractivity contribution in [3.63, 3.8) is 0 Å². The van der Waals surface area contributed by atoms with Crippen LogP contribution in [-0.2, 0) is 13.5 Å². The molecule has 0 aliphatic carbocycles. The van der Waals surface area contributed by atoms with Gasteiger partial charge in [0.25, 0.3) is 5.91 Å². The first-order chi connectivity index (χ1) is 8.56. The Labute approximate surface area is 118 Å². The third-order valence-corrected chi connectivity index (χ3v) is 4.31. The molecule has 0 aliphatic heterocycles. The van der Waals surface area contributed by atoms with Gasteiger partial charge in [0.05, 0.1) is 10.6 Å². The second kappa shape index (κ2) is 5.67. The fraction of sp³-hybridized carbons (Fsp3) is 0.333. The van der Waals surface area contributed by atoms with E-state index in [1.807, 2.05) is 36.2 Å². The van der Waals surface area contributed by atoms with Crippen molar-refractivity contribution < 1.29 is 4.79 Å². The van der Waals surface area contributed by atoms with Crippen molar-refractivity contribution in [2.24, 2.45) is 7.05 Å². The number of rotatable bonds is 4.